The summed E-state index contributed by atoms with van der Waals surface area (Å²) in [6, 6.07) is 12.1. The molecule has 2 aromatic carbocycles. The second-order valence-electron chi connectivity index (χ2n) is 4.63. The van der Waals surface area contributed by atoms with Gasteiger partial charge in [-0.15, -0.1) is 11.6 Å². The third-order valence-corrected chi connectivity index (χ3v) is 4.88. The van der Waals surface area contributed by atoms with Crippen molar-refractivity contribution in [1.29, 1.82) is 0 Å². The van der Waals surface area contributed by atoms with Crippen molar-refractivity contribution in [2.45, 2.75) is 10.6 Å². The Morgan fingerprint density at radius 1 is 1.09 bits per heavy atom. The van der Waals surface area contributed by atoms with Crippen LogP contribution in [0.4, 0.5) is 5.69 Å². The van der Waals surface area contributed by atoms with Crippen LogP contribution in [-0.2, 0) is 15.6 Å². The molecule has 0 bridgehead atoms. The van der Waals surface area contributed by atoms with Gasteiger partial charge in [-0.05, 0) is 18.2 Å². The molecule has 23 heavy (non-hydrogen) atoms. The van der Waals surface area contributed by atoms with Crippen LogP contribution < -0.4 is 4.74 Å². The molecule has 0 heterocycles. The number of alkyl halides is 1. The summed E-state index contributed by atoms with van der Waals surface area (Å²) >= 11 is 5.52. The van der Waals surface area contributed by atoms with E-state index in [1.807, 2.05) is 0 Å². The highest BCUT2D eigenvalue weighted by Gasteiger charge is 2.25. The summed E-state index contributed by atoms with van der Waals surface area (Å²) in [5, 5.41) is 11.3. The number of nitro benzene ring substituents is 1. The van der Waals surface area contributed by atoms with Gasteiger partial charge in [0.2, 0.25) is 0 Å². The highest BCUT2D eigenvalue weighted by Crippen LogP contribution is 2.33. The molecule has 0 unspecified atom stereocenters. The molecule has 0 saturated heterocycles. The van der Waals surface area contributed by atoms with Crippen molar-refractivity contribution in [3.05, 3.63) is 64.2 Å². The summed E-state index contributed by atoms with van der Waals surface area (Å²) in [5.74, 6) is -0.300. The van der Waals surface area contributed by atoms with Crippen LogP contribution in [0.15, 0.2) is 53.4 Å². The minimum Gasteiger partial charge on any atom is -0.486 e. The number of rotatable bonds is 7. The Balaban J connectivity index is 2.42. The van der Waals surface area contributed by atoms with Crippen molar-refractivity contribution < 1.29 is 18.1 Å². The first-order valence-corrected chi connectivity index (χ1v) is 8.87. The van der Waals surface area contributed by atoms with E-state index in [0.29, 0.717) is 0 Å². The molecule has 0 N–H and O–H groups in total. The third-order valence-electron chi connectivity index (χ3n) is 3.05. The average Bonchev–Trinajstić information content (AvgIpc) is 2.53. The molecule has 0 saturated carbocycles. The molecule has 122 valence electrons. The normalized spacial score (nSPS) is 11.2. The zero-order valence-corrected chi connectivity index (χ0v) is 13.6. The summed E-state index contributed by atoms with van der Waals surface area (Å²) in [5.41, 5.74) is -0.275. The molecule has 0 aromatic heterocycles. The lowest BCUT2D eigenvalue weighted by Gasteiger charge is -2.09. The predicted octanol–water partition coefficient (Wildman–Crippen LogP) is 3.19. The molecule has 0 aliphatic carbocycles. The van der Waals surface area contributed by atoms with Gasteiger partial charge in [-0.3, -0.25) is 10.1 Å². The van der Waals surface area contributed by atoms with E-state index in [-0.39, 0.29) is 34.4 Å². The molecule has 6 nitrogen and oxygen atoms in total. The second kappa shape index (κ2) is 7.43. The topological polar surface area (TPSA) is 86.5 Å². The maximum absolute atomic E-state index is 12.4. The molecule has 0 radical (unpaired) electrons. The zero-order chi connectivity index (χ0) is 16.9. The fourth-order valence-corrected chi connectivity index (χ4v) is 3.53. The number of halogens is 1. The zero-order valence-electron chi connectivity index (χ0n) is 12.0. The summed E-state index contributed by atoms with van der Waals surface area (Å²) < 4.78 is 30.1. The fourth-order valence-electron chi connectivity index (χ4n) is 2.07. The van der Waals surface area contributed by atoms with E-state index in [9.17, 15) is 18.5 Å². The van der Waals surface area contributed by atoms with Crippen molar-refractivity contribution in [3.8, 4) is 5.75 Å². The Hall–Kier alpha value is -2.12. The molecule has 0 aliphatic rings. The second-order valence-corrected chi connectivity index (χ2v) is 7.00. The largest absolute Gasteiger partial charge is 0.486 e. The lowest BCUT2D eigenvalue weighted by atomic mass is 10.2. The van der Waals surface area contributed by atoms with Gasteiger partial charge in [0, 0.05) is 5.56 Å². The lowest BCUT2D eigenvalue weighted by Crippen LogP contribution is -2.09. The first kappa shape index (κ1) is 17.2. The number of benzene rings is 2. The monoisotopic (exact) mass is 355 g/mol. The van der Waals surface area contributed by atoms with Gasteiger partial charge in [-0.1, -0.05) is 30.3 Å². The van der Waals surface area contributed by atoms with E-state index < -0.39 is 20.5 Å². The van der Waals surface area contributed by atoms with Crippen LogP contribution in [0.25, 0.3) is 0 Å². The Labute approximate surface area is 138 Å². The average molecular weight is 356 g/mol. The van der Waals surface area contributed by atoms with E-state index in [0.717, 1.165) is 0 Å². The van der Waals surface area contributed by atoms with Crippen molar-refractivity contribution >= 4 is 27.1 Å². The summed E-state index contributed by atoms with van der Waals surface area (Å²) in [6.07, 6.45) is 0. The van der Waals surface area contributed by atoms with E-state index in [1.165, 1.54) is 30.3 Å². The van der Waals surface area contributed by atoms with Crippen LogP contribution >= 0.6 is 11.6 Å². The number of nitro groups is 1. The molecule has 0 spiro atoms. The molecular formula is C15H14ClNO5S. The Morgan fingerprint density at radius 2 is 1.78 bits per heavy atom. The quantitative estimate of drug-likeness (QED) is 0.432. The van der Waals surface area contributed by atoms with Crippen molar-refractivity contribution in [1.82, 2.24) is 0 Å². The number of ether oxygens (including phenoxy) is 1. The maximum atomic E-state index is 12.4. The van der Waals surface area contributed by atoms with E-state index in [2.05, 4.69) is 0 Å². The van der Waals surface area contributed by atoms with Gasteiger partial charge in [0.15, 0.2) is 15.6 Å². The van der Waals surface area contributed by atoms with Crippen LogP contribution in [0.5, 0.6) is 5.75 Å². The molecule has 8 heteroatoms. The third kappa shape index (κ3) is 4.20. The first-order chi connectivity index (χ1) is 11.0. The van der Waals surface area contributed by atoms with Gasteiger partial charge in [0.05, 0.1) is 21.5 Å². The van der Waals surface area contributed by atoms with Crippen LogP contribution in [-0.4, -0.2) is 25.8 Å². The highest BCUT2D eigenvalue weighted by atomic mass is 35.5. The molecule has 0 fully saturated rings. The van der Waals surface area contributed by atoms with E-state index in [1.54, 1.807) is 18.2 Å². The molecule has 2 rings (SSSR count). The Bertz CT molecular complexity index is 793. The Morgan fingerprint density at radius 3 is 2.39 bits per heavy atom. The predicted molar refractivity (Wildman–Crippen MR) is 86.6 cm³/mol. The van der Waals surface area contributed by atoms with Crippen molar-refractivity contribution in [2.75, 3.05) is 12.5 Å². The first-order valence-electron chi connectivity index (χ1n) is 6.68. The fraction of sp³-hybridized carbons (Fsp3) is 0.200. The van der Waals surface area contributed by atoms with E-state index >= 15 is 0 Å². The summed E-state index contributed by atoms with van der Waals surface area (Å²) in [4.78, 5) is 10.8. The number of sulfone groups is 1. The van der Waals surface area contributed by atoms with Crippen LogP contribution in [0.2, 0.25) is 0 Å². The number of hydrogen-bond acceptors (Lipinski definition) is 5. The van der Waals surface area contributed by atoms with Crippen molar-refractivity contribution in [2.24, 2.45) is 0 Å². The molecule has 0 aliphatic heterocycles. The summed E-state index contributed by atoms with van der Waals surface area (Å²) in [7, 11) is -3.69. The summed E-state index contributed by atoms with van der Waals surface area (Å²) in [6.45, 7) is 0.0945. The maximum Gasteiger partial charge on any atom is 0.315 e. The number of hydrogen-bond donors (Lipinski definition) is 0. The lowest BCUT2D eigenvalue weighted by molar-refractivity contribution is -0.386. The van der Waals surface area contributed by atoms with Gasteiger partial charge >= 0.3 is 5.69 Å². The van der Waals surface area contributed by atoms with Crippen LogP contribution in [0.3, 0.4) is 0 Å². The highest BCUT2D eigenvalue weighted by molar-refractivity contribution is 7.90. The van der Waals surface area contributed by atoms with Gasteiger partial charge < -0.3 is 4.74 Å². The van der Waals surface area contributed by atoms with Gasteiger partial charge in [0.1, 0.15) is 6.61 Å². The minimum absolute atomic E-state index is 0.0106. The van der Waals surface area contributed by atoms with Gasteiger partial charge in [0.25, 0.3) is 0 Å². The van der Waals surface area contributed by atoms with Gasteiger partial charge in [-0.2, -0.15) is 0 Å². The van der Waals surface area contributed by atoms with Crippen LogP contribution in [0.1, 0.15) is 5.56 Å². The Kier molecular flexibility index (Phi) is 5.57. The molecular weight excluding hydrogens is 342 g/mol. The minimum atomic E-state index is -3.69. The van der Waals surface area contributed by atoms with Gasteiger partial charge in [-0.25, -0.2) is 8.42 Å². The molecule has 2 aromatic rings. The smallest absolute Gasteiger partial charge is 0.315 e. The number of nitrogens with zero attached hydrogens (tertiary/aromatic N) is 1. The van der Waals surface area contributed by atoms with Crippen molar-refractivity contribution in [3.63, 3.8) is 0 Å². The van der Waals surface area contributed by atoms with Crippen LogP contribution in [0, 0.1) is 10.1 Å². The molecule has 0 atom stereocenters. The van der Waals surface area contributed by atoms with E-state index in [4.69, 9.17) is 16.3 Å². The standard InChI is InChI=1S/C15H14ClNO5S/c16-9-10-22-14-8-4-5-12(15(14)17(18)19)11-23(20,21)13-6-2-1-3-7-13/h1-8H,9-11H2. The number of para-hydroxylation sites is 1. The molecule has 0 amide bonds. The SMILES string of the molecule is O=[N+]([O-])c1c(CS(=O)(=O)c2ccccc2)cccc1OCCCl.